The highest BCUT2D eigenvalue weighted by atomic mass is 16.5. The van der Waals surface area contributed by atoms with Crippen LogP contribution in [-0.2, 0) is 11.3 Å². The Hall–Kier alpha value is -1.10. The largest absolute Gasteiger partial charge is 0.480 e. The van der Waals surface area contributed by atoms with Gasteiger partial charge in [-0.15, -0.1) is 0 Å². The Balaban J connectivity index is 1.71. The SMILES string of the molecule is OB(O)C=C1CC(OCc2ccccc2)C1. The van der Waals surface area contributed by atoms with Crippen LogP contribution >= 0.6 is 0 Å². The van der Waals surface area contributed by atoms with Crippen molar-refractivity contribution >= 4 is 7.12 Å². The number of hydrogen-bond donors (Lipinski definition) is 2. The van der Waals surface area contributed by atoms with Crippen LogP contribution in [0.2, 0.25) is 0 Å². The molecule has 1 saturated carbocycles. The van der Waals surface area contributed by atoms with Crippen molar-refractivity contribution in [3.8, 4) is 0 Å². The first-order valence-corrected chi connectivity index (χ1v) is 5.45. The molecule has 1 fully saturated rings. The second kappa shape index (κ2) is 5.30. The maximum absolute atomic E-state index is 8.72. The van der Waals surface area contributed by atoms with Crippen LogP contribution < -0.4 is 0 Å². The summed E-state index contributed by atoms with van der Waals surface area (Å²) in [6.07, 6.45) is 1.85. The molecule has 0 saturated heterocycles. The normalized spacial score (nSPS) is 19.1. The van der Waals surface area contributed by atoms with Gasteiger partial charge in [-0.3, -0.25) is 0 Å². The molecule has 0 heterocycles. The Bertz CT molecular complexity index is 354. The van der Waals surface area contributed by atoms with Crippen LogP contribution in [-0.4, -0.2) is 23.3 Å². The van der Waals surface area contributed by atoms with Crippen molar-refractivity contribution in [2.75, 3.05) is 0 Å². The second-order valence-electron chi connectivity index (χ2n) is 4.07. The summed E-state index contributed by atoms with van der Waals surface area (Å²) in [5, 5.41) is 17.4. The molecule has 0 unspecified atom stereocenters. The van der Waals surface area contributed by atoms with E-state index >= 15 is 0 Å². The van der Waals surface area contributed by atoms with Crippen LogP contribution in [0, 0.1) is 0 Å². The van der Waals surface area contributed by atoms with Gasteiger partial charge in [0.2, 0.25) is 0 Å². The second-order valence-corrected chi connectivity index (χ2v) is 4.07. The lowest BCUT2D eigenvalue weighted by molar-refractivity contribution is 0.0164. The van der Waals surface area contributed by atoms with Crippen molar-refractivity contribution in [2.24, 2.45) is 0 Å². The van der Waals surface area contributed by atoms with E-state index in [4.69, 9.17) is 14.8 Å². The zero-order valence-electron chi connectivity index (χ0n) is 9.04. The third-order valence-electron chi connectivity index (χ3n) is 2.69. The van der Waals surface area contributed by atoms with Crippen LogP contribution in [0.25, 0.3) is 0 Å². The predicted molar refractivity (Wildman–Crippen MR) is 62.5 cm³/mol. The molecular weight excluding hydrogens is 203 g/mol. The minimum atomic E-state index is -1.33. The summed E-state index contributed by atoms with van der Waals surface area (Å²) in [4.78, 5) is 0. The smallest absolute Gasteiger partial charge is 0.424 e. The minimum absolute atomic E-state index is 0.227. The molecule has 0 amide bonds. The molecule has 0 radical (unpaired) electrons. The van der Waals surface area contributed by atoms with Crippen molar-refractivity contribution < 1.29 is 14.8 Å². The van der Waals surface area contributed by atoms with Gasteiger partial charge in [-0.05, 0) is 18.4 Å². The number of benzene rings is 1. The summed E-state index contributed by atoms with van der Waals surface area (Å²) < 4.78 is 5.67. The molecule has 1 aliphatic rings. The van der Waals surface area contributed by atoms with Crippen molar-refractivity contribution in [1.29, 1.82) is 0 Å². The third-order valence-corrected chi connectivity index (χ3v) is 2.69. The summed E-state index contributed by atoms with van der Waals surface area (Å²) >= 11 is 0. The summed E-state index contributed by atoms with van der Waals surface area (Å²) in [5.74, 6) is 1.47. The first-order chi connectivity index (χ1) is 7.74. The van der Waals surface area contributed by atoms with Gasteiger partial charge < -0.3 is 14.8 Å². The average molecular weight is 218 g/mol. The summed E-state index contributed by atoms with van der Waals surface area (Å²) in [5.41, 5.74) is 2.23. The van der Waals surface area contributed by atoms with E-state index in [2.05, 4.69) is 0 Å². The van der Waals surface area contributed by atoms with Crippen LogP contribution in [0.5, 0.6) is 0 Å². The van der Waals surface area contributed by atoms with Crippen LogP contribution in [0.1, 0.15) is 18.4 Å². The molecule has 4 heteroatoms. The monoisotopic (exact) mass is 218 g/mol. The molecule has 0 bridgehead atoms. The van der Waals surface area contributed by atoms with E-state index in [1.807, 2.05) is 30.3 Å². The van der Waals surface area contributed by atoms with Crippen molar-refractivity contribution in [2.45, 2.75) is 25.6 Å². The standard InChI is InChI=1S/C12H15BO3/c14-13(15)8-11-6-12(7-11)16-9-10-4-2-1-3-5-10/h1-5,8,12,14-15H,6-7,9H2. The molecular formula is C12H15BO3. The lowest BCUT2D eigenvalue weighted by Gasteiger charge is -2.29. The zero-order chi connectivity index (χ0) is 11.4. The van der Waals surface area contributed by atoms with E-state index < -0.39 is 7.12 Å². The van der Waals surface area contributed by atoms with Crippen LogP contribution in [0.4, 0.5) is 0 Å². The molecule has 84 valence electrons. The van der Waals surface area contributed by atoms with Gasteiger partial charge in [0.15, 0.2) is 0 Å². The summed E-state index contributed by atoms with van der Waals surface area (Å²) in [7, 11) is -1.33. The molecule has 1 aromatic rings. The summed E-state index contributed by atoms with van der Waals surface area (Å²) in [6, 6.07) is 10.0. The maximum Gasteiger partial charge on any atom is 0.480 e. The van der Waals surface area contributed by atoms with Gasteiger partial charge in [-0.25, -0.2) is 0 Å². The van der Waals surface area contributed by atoms with Gasteiger partial charge in [0.05, 0.1) is 12.7 Å². The van der Waals surface area contributed by atoms with Gasteiger partial charge >= 0.3 is 7.12 Å². The molecule has 0 atom stereocenters. The highest BCUT2D eigenvalue weighted by Crippen LogP contribution is 2.29. The molecule has 16 heavy (non-hydrogen) atoms. The first kappa shape index (κ1) is 11.4. The lowest BCUT2D eigenvalue weighted by Crippen LogP contribution is -2.26. The Morgan fingerprint density at radius 2 is 1.94 bits per heavy atom. The minimum Gasteiger partial charge on any atom is -0.424 e. The topological polar surface area (TPSA) is 49.7 Å². The Labute approximate surface area is 95.5 Å². The first-order valence-electron chi connectivity index (χ1n) is 5.45. The molecule has 0 aliphatic heterocycles. The number of ether oxygens (including phenoxy) is 1. The fourth-order valence-electron chi connectivity index (χ4n) is 1.78. The van der Waals surface area contributed by atoms with Gasteiger partial charge in [0, 0.05) is 0 Å². The van der Waals surface area contributed by atoms with E-state index in [9.17, 15) is 0 Å². The third kappa shape index (κ3) is 3.20. The molecule has 0 aromatic heterocycles. The Morgan fingerprint density at radius 1 is 1.25 bits per heavy atom. The molecule has 2 N–H and O–H groups in total. The number of rotatable bonds is 4. The highest BCUT2D eigenvalue weighted by Gasteiger charge is 2.24. The van der Waals surface area contributed by atoms with E-state index in [0.717, 1.165) is 18.4 Å². The van der Waals surface area contributed by atoms with Crippen molar-refractivity contribution in [1.82, 2.24) is 0 Å². The molecule has 3 nitrogen and oxygen atoms in total. The fourth-order valence-corrected chi connectivity index (χ4v) is 1.78. The van der Waals surface area contributed by atoms with Crippen LogP contribution in [0.3, 0.4) is 0 Å². The van der Waals surface area contributed by atoms with Gasteiger partial charge in [-0.2, -0.15) is 0 Å². The van der Waals surface area contributed by atoms with E-state index in [0.29, 0.717) is 6.61 Å². The van der Waals surface area contributed by atoms with Crippen molar-refractivity contribution in [3.63, 3.8) is 0 Å². The van der Waals surface area contributed by atoms with Crippen LogP contribution in [0.15, 0.2) is 41.9 Å². The lowest BCUT2D eigenvalue weighted by atomic mass is 9.79. The summed E-state index contributed by atoms with van der Waals surface area (Å²) in [6.45, 7) is 0.625. The molecule has 1 aliphatic carbocycles. The fraction of sp³-hybridized carbons (Fsp3) is 0.333. The predicted octanol–water partition coefficient (Wildman–Crippen LogP) is 1.30. The maximum atomic E-state index is 8.72. The Morgan fingerprint density at radius 3 is 2.56 bits per heavy atom. The molecule has 1 aromatic carbocycles. The molecule has 0 spiro atoms. The van der Waals surface area contributed by atoms with E-state index in [-0.39, 0.29) is 6.10 Å². The van der Waals surface area contributed by atoms with Crippen molar-refractivity contribution in [3.05, 3.63) is 47.4 Å². The molecule has 2 rings (SSSR count). The van der Waals surface area contributed by atoms with E-state index in [1.54, 1.807) is 0 Å². The number of hydrogen-bond acceptors (Lipinski definition) is 3. The van der Waals surface area contributed by atoms with Gasteiger partial charge in [-0.1, -0.05) is 41.9 Å². The highest BCUT2D eigenvalue weighted by molar-refractivity contribution is 6.47. The zero-order valence-corrected chi connectivity index (χ0v) is 9.04. The average Bonchev–Trinajstić information content (AvgIpc) is 2.22. The van der Waals surface area contributed by atoms with E-state index in [1.165, 1.54) is 11.5 Å². The quantitative estimate of drug-likeness (QED) is 0.749. The van der Waals surface area contributed by atoms with Gasteiger partial charge in [0.25, 0.3) is 0 Å². The Kier molecular flexibility index (Phi) is 3.77. The van der Waals surface area contributed by atoms with Gasteiger partial charge in [0.1, 0.15) is 0 Å².